The standard InChI is InChI=1S/C18H18N2O5S/c21-17(22)10-19-18(23)14-6-8-16(9-7-14)26(24,25)20-11-15(12-20)13-4-2-1-3-5-13/h1-9,15H,10-12H2,(H,19,23)(H,21,22). The van der Waals surface area contributed by atoms with Gasteiger partial charge < -0.3 is 10.4 Å². The van der Waals surface area contributed by atoms with Gasteiger partial charge in [0, 0.05) is 24.6 Å². The second-order valence-corrected chi connectivity index (χ2v) is 7.97. The molecule has 0 unspecified atom stereocenters. The number of amides is 1. The summed E-state index contributed by atoms with van der Waals surface area (Å²) in [5, 5.41) is 10.8. The number of hydrogen-bond donors (Lipinski definition) is 2. The minimum atomic E-state index is -3.60. The van der Waals surface area contributed by atoms with Crippen LogP contribution in [0.1, 0.15) is 21.8 Å². The lowest BCUT2D eigenvalue weighted by Gasteiger charge is -2.38. The molecule has 0 aromatic heterocycles. The van der Waals surface area contributed by atoms with Gasteiger partial charge in [-0.05, 0) is 29.8 Å². The maximum absolute atomic E-state index is 12.6. The lowest BCUT2D eigenvalue weighted by Crippen LogP contribution is -2.48. The van der Waals surface area contributed by atoms with Crippen molar-refractivity contribution in [1.82, 2.24) is 9.62 Å². The number of carboxylic acids is 1. The van der Waals surface area contributed by atoms with Gasteiger partial charge in [0.1, 0.15) is 6.54 Å². The Bertz CT molecular complexity index is 904. The van der Waals surface area contributed by atoms with Crippen molar-refractivity contribution in [2.45, 2.75) is 10.8 Å². The van der Waals surface area contributed by atoms with E-state index in [2.05, 4.69) is 5.32 Å². The van der Waals surface area contributed by atoms with Crippen LogP contribution in [0.15, 0.2) is 59.5 Å². The minimum Gasteiger partial charge on any atom is -0.480 e. The van der Waals surface area contributed by atoms with Crippen LogP contribution in [0, 0.1) is 0 Å². The van der Waals surface area contributed by atoms with Gasteiger partial charge in [0.2, 0.25) is 10.0 Å². The van der Waals surface area contributed by atoms with Gasteiger partial charge in [-0.2, -0.15) is 4.31 Å². The molecule has 0 aliphatic carbocycles. The molecule has 1 saturated heterocycles. The van der Waals surface area contributed by atoms with Gasteiger partial charge in [0.15, 0.2) is 0 Å². The van der Waals surface area contributed by atoms with Gasteiger partial charge >= 0.3 is 5.97 Å². The zero-order valence-corrected chi connectivity index (χ0v) is 14.6. The molecular formula is C18H18N2O5S. The molecule has 0 spiro atoms. The molecule has 1 fully saturated rings. The molecule has 0 saturated carbocycles. The van der Waals surface area contributed by atoms with E-state index in [4.69, 9.17) is 5.11 Å². The van der Waals surface area contributed by atoms with E-state index in [1.165, 1.54) is 28.6 Å². The number of rotatable bonds is 6. The average molecular weight is 374 g/mol. The number of sulfonamides is 1. The third kappa shape index (κ3) is 3.76. The fraction of sp³-hybridized carbons (Fsp3) is 0.222. The van der Waals surface area contributed by atoms with Crippen LogP contribution in [0.4, 0.5) is 0 Å². The van der Waals surface area contributed by atoms with E-state index in [0.29, 0.717) is 13.1 Å². The van der Waals surface area contributed by atoms with E-state index in [1.807, 2.05) is 30.3 Å². The molecule has 1 heterocycles. The van der Waals surface area contributed by atoms with Gasteiger partial charge in [-0.3, -0.25) is 9.59 Å². The van der Waals surface area contributed by atoms with Crippen molar-refractivity contribution in [2.24, 2.45) is 0 Å². The molecule has 1 aliphatic rings. The topological polar surface area (TPSA) is 104 Å². The van der Waals surface area contributed by atoms with Crippen LogP contribution in [0.2, 0.25) is 0 Å². The highest BCUT2D eigenvalue weighted by Gasteiger charge is 2.37. The fourth-order valence-electron chi connectivity index (χ4n) is 2.76. The van der Waals surface area contributed by atoms with E-state index in [0.717, 1.165) is 5.56 Å². The van der Waals surface area contributed by atoms with Gasteiger partial charge in [-0.25, -0.2) is 8.42 Å². The zero-order valence-electron chi connectivity index (χ0n) is 13.8. The van der Waals surface area contributed by atoms with Crippen molar-refractivity contribution in [2.75, 3.05) is 19.6 Å². The first-order valence-corrected chi connectivity index (χ1v) is 9.47. The molecule has 0 radical (unpaired) electrons. The van der Waals surface area contributed by atoms with E-state index in [9.17, 15) is 18.0 Å². The monoisotopic (exact) mass is 374 g/mol. The minimum absolute atomic E-state index is 0.110. The summed E-state index contributed by atoms with van der Waals surface area (Å²) in [5.41, 5.74) is 1.32. The first kappa shape index (κ1) is 18.1. The molecule has 1 aliphatic heterocycles. The number of nitrogens with one attached hydrogen (secondary N) is 1. The van der Waals surface area contributed by atoms with Crippen molar-refractivity contribution >= 4 is 21.9 Å². The largest absolute Gasteiger partial charge is 0.480 e. The van der Waals surface area contributed by atoms with Crippen LogP contribution in [0.3, 0.4) is 0 Å². The smallest absolute Gasteiger partial charge is 0.322 e. The van der Waals surface area contributed by atoms with Crippen LogP contribution >= 0.6 is 0 Å². The molecule has 2 aromatic rings. The van der Waals surface area contributed by atoms with Crippen molar-refractivity contribution in [1.29, 1.82) is 0 Å². The lowest BCUT2D eigenvalue weighted by atomic mass is 9.94. The van der Waals surface area contributed by atoms with Crippen LogP contribution in [-0.4, -0.2) is 49.3 Å². The molecule has 0 bridgehead atoms. The Morgan fingerprint density at radius 3 is 2.23 bits per heavy atom. The van der Waals surface area contributed by atoms with E-state index in [-0.39, 0.29) is 16.4 Å². The van der Waals surface area contributed by atoms with Crippen LogP contribution in [0.5, 0.6) is 0 Å². The highest BCUT2D eigenvalue weighted by atomic mass is 32.2. The Kier molecular flexibility index (Phi) is 5.06. The van der Waals surface area contributed by atoms with Gasteiger partial charge in [-0.15, -0.1) is 0 Å². The molecular weight excluding hydrogens is 356 g/mol. The molecule has 2 aromatic carbocycles. The zero-order chi connectivity index (χ0) is 18.7. The van der Waals surface area contributed by atoms with Crippen molar-refractivity contribution < 1.29 is 23.1 Å². The molecule has 2 N–H and O–H groups in total. The normalized spacial score (nSPS) is 15.2. The summed E-state index contributed by atoms with van der Waals surface area (Å²) in [4.78, 5) is 22.4. The average Bonchev–Trinajstić information content (AvgIpc) is 2.59. The Hall–Kier alpha value is -2.71. The number of nitrogens with zero attached hydrogens (tertiary/aromatic N) is 1. The number of benzene rings is 2. The van der Waals surface area contributed by atoms with Crippen LogP contribution < -0.4 is 5.32 Å². The molecule has 26 heavy (non-hydrogen) atoms. The summed E-state index contributed by atoms with van der Waals surface area (Å²) < 4.78 is 26.7. The van der Waals surface area contributed by atoms with Crippen LogP contribution in [0.25, 0.3) is 0 Å². The van der Waals surface area contributed by atoms with Gasteiger partial charge in [-0.1, -0.05) is 30.3 Å². The molecule has 0 atom stereocenters. The summed E-state index contributed by atoms with van der Waals surface area (Å²) in [6.45, 7) is 0.355. The first-order chi connectivity index (χ1) is 12.4. The summed E-state index contributed by atoms with van der Waals surface area (Å²) in [6.07, 6.45) is 0. The number of carbonyl (C=O) groups excluding carboxylic acids is 1. The number of carboxylic acid groups (broad SMARTS) is 1. The van der Waals surface area contributed by atoms with Crippen molar-refractivity contribution in [3.63, 3.8) is 0 Å². The molecule has 1 amide bonds. The van der Waals surface area contributed by atoms with Gasteiger partial charge in [0.25, 0.3) is 5.91 Å². The van der Waals surface area contributed by atoms with Crippen molar-refractivity contribution in [3.05, 3.63) is 65.7 Å². The molecule has 7 nitrogen and oxygen atoms in total. The lowest BCUT2D eigenvalue weighted by molar-refractivity contribution is -0.135. The summed E-state index contributed by atoms with van der Waals surface area (Å²) >= 11 is 0. The maximum atomic E-state index is 12.6. The predicted octanol–water partition coefficient (Wildman–Crippen LogP) is 1.29. The van der Waals surface area contributed by atoms with E-state index < -0.39 is 28.4 Å². The molecule has 136 valence electrons. The van der Waals surface area contributed by atoms with Gasteiger partial charge in [0.05, 0.1) is 4.90 Å². The second kappa shape index (κ2) is 7.27. The third-order valence-electron chi connectivity index (χ3n) is 4.27. The van der Waals surface area contributed by atoms with Crippen molar-refractivity contribution in [3.8, 4) is 0 Å². The first-order valence-electron chi connectivity index (χ1n) is 8.03. The Morgan fingerprint density at radius 1 is 1.04 bits per heavy atom. The summed E-state index contributed by atoms with van der Waals surface area (Å²) in [6, 6.07) is 15.2. The quantitative estimate of drug-likeness (QED) is 0.793. The second-order valence-electron chi connectivity index (χ2n) is 6.03. The molecule has 8 heteroatoms. The van der Waals surface area contributed by atoms with Crippen LogP contribution in [-0.2, 0) is 14.8 Å². The predicted molar refractivity (Wildman–Crippen MR) is 94.4 cm³/mol. The van der Waals surface area contributed by atoms with E-state index in [1.54, 1.807) is 0 Å². The SMILES string of the molecule is O=C(O)CNC(=O)c1ccc(S(=O)(=O)N2CC(c3ccccc3)C2)cc1. The Balaban J connectivity index is 1.65. The summed E-state index contributed by atoms with van der Waals surface area (Å²) in [5.74, 6) is -1.53. The maximum Gasteiger partial charge on any atom is 0.322 e. The highest BCUT2D eigenvalue weighted by molar-refractivity contribution is 7.89. The summed E-state index contributed by atoms with van der Waals surface area (Å²) in [7, 11) is -3.60. The Labute approximate surface area is 151 Å². The molecule has 3 rings (SSSR count). The van der Waals surface area contributed by atoms with E-state index >= 15 is 0 Å². The fourth-order valence-corrected chi connectivity index (χ4v) is 4.29. The number of hydrogen-bond acceptors (Lipinski definition) is 4. The highest BCUT2D eigenvalue weighted by Crippen LogP contribution is 2.31. The number of aliphatic carboxylic acids is 1. The Morgan fingerprint density at radius 2 is 1.65 bits per heavy atom. The third-order valence-corrected chi connectivity index (χ3v) is 6.12. The number of carbonyl (C=O) groups is 2.